The number of rotatable bonds is 4. The van der Waals surface area contributed by atoms with Gasteiger partial charge in [-0.15, -0.1) is 0 Å². The van der Waals surface area contributed by atoms with Gasteiger partial charge in [-0.25, -0.2) is 4.39 Å². The average Bonchev–Trinajstić information content (AvgIpc) is 2.71. The second kappa shape index (κ2) is 5.40. The van der Waals surface area contributed by atoms with Crippen molar-refractivity contribution >= 4 is 12.4 Å². The monoisotopic (exact) mass is 277 g/mol. The normalized spacial score (nSPS) is 23.6. The zero-order chi connectivity index (χ0) is 14.0. The highest BCUT2D eigenvalue weighted by atomic mass is 19.4. The Bertz CT molecular complexity index is 450. The summed E-state index contributed by atoms with van der Waals surface area (Å²) < 4.78 is 61.3. The summed E-state index contributed by atoms with van der Waals surface area (Å²) in [5.41, 5.74) is -1.22. The molecule has 2 unspecified atom stereocenters. The minimum atomic E-state index is -5.33. The van der Waals surface area contributed by atoms with Crippen molar-refractivity contribution < 1.29 is 26.8 Å². The molecule has 1 aliphatic heterocycles. The molecule has 0 N–H and O–H groups in total. The first-order chi connectivity index (χ1) is 8.86. The molecular formula is C12H14BF4O2-. The Morgan fingerprint density at radius 3 is 2.58 bits per heavy atom. The number of halogens is 4. The van der Waals surface area contributed by atoms with Crippen LogP contribution in [0.4, 0.5) is 17.3 Å². The van der Waals surface area contributed by atoms with Crippen LogP contribution in [0.2, 0.25) is 0 Å². The highest BCUT2D eigenvalue weighted by molar-refractivity contribution is 6.73. The van der Waals surface area contributed by atoms with E-state index in [1.54, 1.807) is 0 Å². The summed E-state index contributed by atoms with van der Waals surface area (Å²) in [7, 11) is 0. The maximum atomic E-state index is 13.3. The Morgan fingerprint density at radius 1 is 1.32 bits per heavy atom. The van der Waals surface area contributed by atoms with Gasteiger partial charge >= 0.3 is 6.98 Å². The maximum Gasteiger partial charge on any atom is 0.512 e. The third kappa shape index (κ3) is 3.62. The molecule has 2 nitrogen and oxygen atoms in total. The lowest BCUT2D eigenvalue weighted by molar-refractivity contribution is 0.0264. The van der Waals surface area contributed by atoms with Crippen LogP contribution in [-0.4, -0.2) is 25.8 Å². The van der Waals surface area contributed by atoms with Crippen LogP contribution < -0.4 is 10.2 Å². The van der Waals surface area contributed by atoms with Gasteiger partial charge < -0.3 is 22.4 Å². The molecule has 0 spiro atoms. The van der Waals surface area contributed by atoms with Crippen molar-refractivity contribution in [3.63, 3.8) is 0 Å². The summed E-state index contributed by atoms with van der Waals surface area (Å²) in [6.45, 7) is -3.16. The molecule has 0 radical (unpaired) electrons. The standard InChI is InChI=1S/C12H14BF4O2/c1-8-2-3-10(19-8)7-18-9-4-5-11(12(14)6-9)13(15,16)17/h4-6,8,10H,2-3,7H2,1H3/q-1. The number of hydrogen-bond acceptors (Lipinski definition) is 2. The van der Waals surface area contributed by atoms with Crippen LogP contribution in [0.15, 0.2) is 18.2 Å². The average molecular weight is 277 g/mol. The lowest BCUT2D eigenvalue weighted by Crippen LogP contribution is -2.36. The molecule has 0 aromatic heterocycles. The van der Waals surface area contributed by atoms with E-state index >= 15 is 0 Å². The van der Waals surface area contributed by atoms with Crippen LogP contribution in [0.25, 0.3) is 0 Å². The van der Waals surface area contributed by atoms with Crippen LogP contribution in [0.3, 0.4) is 0 Å². The minimum absolute atomic E-state index is 0.0791. The van der Waals surface area contributed by atoms with Gasteiger partial charge in [-0.1, -0.05) is 11.5 Å². The summed E-state index contributed by atoms with van der Waals surface area (Å²) in [6.07, 6.45) is 1.86. The molecule has 1 aromatic carbocycles. The van der Waals surface area contributed by atoms with Crippen molar-refractivity contribution in [1.82, 2.24) is 0 Å². The van der Waals surface area contributed by atoms with Gasteiger partial charge in [-0.2, -0.15) is 0 Å². The molecule has 1 fully saturated rings. The zero-order valence-electron chi connectivity index (χ0n) is 10.4. The Kier molecular flexibility index (Phi) is 4.03. The first-order valence-corrected chi connectivity index (χ1v) is 6.14. The van der Waals surface area contributed by atoms with Crippen LogP contribution in [0.1, 0.15) is 19.8 Å². The number of ether oxygens (including phenoxy) is 2. The molecule has 1 heterocycles. The largest absolute Gasteiger partial charge is 0.512 e. The molecule has 19 heavy (non-hydrogen) atoms. The van der Waals surface area contributed by atoms with E-state index in [1.807, 2.05) is 6.92 Å². The second-order valence-electron chi connectivity index (χ2n) is 4.72. The Balaban J connectivity index is 1.97. The predicted octanol–water partition coefficient (Wildman–Crippen LogP) is 2.83. The van der Waals surface area contributed by atoms with E-state index in [0.717, 1.165) is 25.0 Å². The van der Waals surface area contributed by atoms with Crippen LogP contribution in [0, 0.1) is 5.82 Å². The Hall–Kier alpha value is -1.24. The molecule has 2 rings (SSSR count). The van der Waals surface area contributed by atoms with E-state index in [9.17, 15) is 17.3 Å². The highest BCUT2D eigenvalue weighted by Crippen LogP contribution is 2.21. The smallest absolute Gasteiger partial charge is 0.491 e. The van der Waals surface area contributed by atoms with E-state index in [2.05, 4.69) is 0 Å². The Morgan fingerprint density at radius 2 is 2.05 bits per heavy atom. The SMILES string of the molecule is CC1CCC(COc2ccc([B-](F)(F)F)c(F)c2)O1. The van der Waals surface area contributed by atoms with Gasteiger partial charge in [0.05, 0.1) is 18.0 Å². The molecule has 1 aromatic rings. The van der Waals surface area contributed by atoms with Crippen molar-refractivity contribution in [2.24, 2.45) is 0 Å². The summed E-state index contributed by atoms with van der Waals surface area (Å²) >= 11 is 0. The summed E-state index contributed by atoms with van der Waals surface area (Å²) in [5.74, 6) is -1.21. The number of hydrogen-bond donors (Lipinski definition) is 0. The molecular weight excluding hydrogens is 263 g/mol. The van der Waals surface area contributed by atoms with Crippen molar-refractivity contribution in [3.05, 3.63) is 24.0 Å². The van der Waals surface area contributed by atoms with Crippen LogP contribution in [0.5, 0.6) is 5.75 Å². The van der Waals surface area contributed by atoms with E-state index in [-0.39, 0.29) is 24.6 Å². The van der Waals surface area contributed by atoms with Crippen LogP contribution >= 0.6 is 0 Å². The van der Waals surface area contributed by atoms with Crippen molar-refractivity contribution in [3.8, 4) is 5.75 Å². The van der Waals surface area contributed by atoms with Gasteiger partial charge in [0, 0.05) is 6.07 Å². The summed E-state index contributed by atoms with van der Waals surface area (Å²) in [4.78, 5) is 0. The van der Waals surface area contributed by atoms with Gasteiger partial charge in [-0.3, -0.25) is 0 Å². The lowest BCUT2D eigenvalue weighted by atomic mass is 9.80. The maximum absolute atomic E-state index is 13.3. The molecule has 7 heteroatoms. The van der Waals surface area contributed by atoms with E-state index < -0.39 is 18.3 Å². The summed E-state index contributed by atoms with van der Waals surface area (Å²) in [5, 5.41) is 0. The quantitative estimate of drug-likeness (QED) is 0.622. The zero-order valence-corrected chi connectivity index (χ0v) is 10.4. The highest BCUT2D eigenvalue weighted by Gasteiger charge is 2.29. The van der Waals surface area contributed by atoms with Crippen molar-refractivity contribution in [2.45, 2.75) is 32.0 Å². The predicted molar refractivity (Wildman–Crippen MR) is 64.2 cm³/mol. The van der Waals surface area contributed by atoms with Gasteiger partial charge in [0.25, 0.3) is 0 Å². The second-order valence-corrected chi connectivity index (χ2v) is 4.72. The van der Waals surface area contributed by atoms with Crippen LogP contribution in [-0.2, 0) is 4.74 Å². The first-order valence-electron chi connectivity index (χ1n) is 6.14. The van der Waals surface area contributed by atoms with E-state index in [4.69, 9.17) is 9.47 Å². The molecule has 1 saturated heterocycles. The lowest BCUT2D eigenvalue weighted by Gasteiger charge is -2.17. The fourth-order valence-corrected chi connectivity index (χ4v) is 2.06. The fourth-order valence-electron chi connectivity index (χ4n) is 2.06. The van der Waals surface area contributed by atoms with Gasteiger partial charge in [-0.05, 0) is 25.8 Å². The first kappa shape index (κ1) is 14.2. The minimum Gasteiger partial charge on any atom is -0.491 e. The third-order valence-corrected chi connectivity index (χ3v) is 3.08. The van der Waals surface area contributed by atoms with E-state index in [1.165, 1.54) is 0 Å². The summed E-state index contributed by atoms with van der Waals surface area (Å²) in [6, 6.07) is 2.61. The Labute approximate surface area is 108 Å². The molecule has 0 amide bonds. The molecule has 0 saturated carbocycles. The number of benzene rings is 1. The van der Waals surface area contributed by atoms with Gasteiger partial charge in [0.2, 0.25) is 0 Å². The molecule has 106 valence electrons. The molecule has 0 bridgehead atoms. The molecule has 1 aliphatic rings. The van der Waals surface area contributed by atoms with Crippen molar-refractivity contribution in [1.29, 1.82) is 0 Å². The van der Waals surface area contributed by atoms with Gasteiger partial charge in [0.15, 0.2) is 0 Å². The third-order valence-electron chi connectivity index (χ3n) is 3.08. The van der Waals surface area contributed by atoms with Crippen molar-refractivity contribution in [2.75, 3.05) is 6.61 Å². The van der Waals surface area contributed by atoms with E-state index in [0.29, 0.717) is 6.07 Å². The topological polar surface area (TPSA) is 18.5 Å². The molecule has 0 aliphatic carbocycles. The molecule has 2 atom stereocenters. The van der Waals surface area contributed by atoms with Gasteiger partial charge in [0.1, 0.15) is 12.4 Å². The fraction of sp³-hybridized carbons (Fsp3) is 0.500.